The van der Waals surface area contributed by atoms with Crippen LogP contribution >= 0.6 is 15.9 Å². The van der Waals surface area contributed by atoms with Gasteiger partial charge in [0.2, 0.25) is 0 Å². The molecule has 0 saturated heterocycles. The van der Waals surface area contributed by atoms with Crippen molar-refractivity contribution < 1.29 is 4.79 Å². The number of aromatic nitrogens is 3. The molecule has 0 radical (unpaired) electrons. The van der Waals surface area contributed by atoms with Crippen LogP contribution in [0.1, 0.15) is 23.7 Å². The normalized spacial score (nSPS) is 10.5. The van der Waals surface area contributed by atoms with Crippen LogP contribution in [0.15, 0.2) is 29.0 Å². The largest absolute Gasteiger partial charge is 0.298 e. The molecule has 0 bridgehead atoms. The van der Waals surface area contributed by atoms with Crippen molar-refractivity contribution in [3.63, 3.8) is 0 Å². The first kappa shape index (κ1) is 12.0. The summed E-state index contributed by atoms with van der Waals surface area (Å²) < 4.78 is 2.69. The number of pyridine rings is 1. The quantitative estimate of drug-likeness (QED) is 0.815. The van der Waals surface area contributed by atoms with Gasteiger partial charge in [-0.05, 0) is 34.5 Å². The summed E-state index contributed by atoms with van der Waals surface area (Å²) in [4.78, 5) is 15.2. The summed E-state index contributed by atoms with van der Waals surface area (Å²) in [6.07, 6.45) is 5.25. The van der Waals surface area contributed by atoms with Gasteiger partial charge in [0.1, 0.15) is 5.69 Å². The molecule has 0 saturated carbocycles. The SMILES string of the molecule is CCCn1cc(C=O)c(-c2ccc(Br)cn2)n1. The Hall–Kier alpha value is -1.49. The predicted molar refractivity (Wildman–Crippen MR) is 68.8 cm³/mol. The molecular formula is C12H12BrN3O. The Morgan fingerprint density at radius 3 is 2.88 bits per heavy atom. The van der Waals surface area contributed by atoms with Gasteiger partial charge in [0, 0.05) is 23.4 Å². The van der Waals surface area contributed by atoms with E-state index in [2.05, 4.69) is 32.9 Å². The predicted octanol–water partition coefficient (Wildman–Crippen LogP) is 2.93. The van der Waals surface area contributed by atoms with Crippen LogP contribution in [-0.2, 0) is 6.54 Å². The van der Waals surface area contributed by atoms with Crippen LogP contribution < -0.4 is 0 Å². The van der Waals surface area contributed by atoms with E-state index in [1.165, 1.54) is 0 Å². The summed E-state index contributed by atoms with van der Waals surface area (Å²) in [5.74, 6) is 0. The number of halogens is 1. The third-order valence-corrected chi connectivity index (χ3v) is 2.81. The number of carbonyl (C=O) groups is 1. The second kappa shape index (κ2) is 5.23. The fourth-order valence-electron chi connectivity index (χ4n) is 1.58. The average molecular weight is 294 g/mol. The maximum atomic E-state index is 11.0. The van der Waals surface area contributed by atoms with Crippen molar-refractivity contribution in [3.05, 3.63) is 34.6 Å². The Labute approximate surface area is 108 Å². The van der Waals surface area contributed by atoms with E-state index < -0.39 is 0 Å². The fraction of sp³-hybridized carbons (Fsp3) is 0.250. The summed E-state index contributed by atoms with van der Waals surface area (Å²) in [6, 6.07) is 3.73. The molecule has 0 unspecified atom stereocenters. The van der Waals surface area contributed by atoms with Crippen molar-refractivity contribution in [2.45, 2.75) is 19.9 Å². The minimum atomic E-state index is 0.577. The molecule has 0 N–H and O–H groups in total. The van der Waals surface area contributed by atoms with Crippen molar-refractivity contribution >= 4 is 22.2 Å². The van der Waals surface area contributed by atoms with E-state index in [9.17, 15) is 4.79 Å². The number of rotatable bonds is 4. The van der Waals surface area contributed by atoms with Crippen LogP contribution in [0.25, 0.3) is 11.4 Å². The highest BCUT2D eigenvalue weighted by molar-refractivity contribution is 9.10. The van der Waals surface area contributed by atoms with Gasteiger partial charge >= 0.3 is 0 Å². The Balaban J connectivity index is 2.42. The molecule has 0 spiro atoms. The van der Waals surface area contributed by atoms with E-state index in [0.717, 1.165) is 23.7 Å². The van der Waals surface area contributed by atoms with Gasteiger partial charge in [0.25, 0.3) is 0 Å². The summed E-state index contributed by atoms with van der Waals surface area (Å²) in [6.45, 7) is 2.87. The van der Waals surface area contributed by atoms with Crippen molar-refractivity contribution in [2.24, 2.45) is 0 Å². The Bertz CT molecular complexity index is 519. The molecule has 88 valence electrons. The second-order valence-corrected chi connectivity index (χ2v) is 4.59. The Morgan fingerprint density at radius 1 is 1.47 bits per heavy atom. The number of aryl methyl sites for hydroxylation is 1. The van der Waals surface area contributed by atoms with Gasteiger partial charge in [-0.1, -0.05) is 6.92 Å². The van der Waals surface area contributed by atoms with Crippen molar-refractivity contribution in [1.82, 2.24) is 14.8 Å². The van der Waals surface area contributed by atoms with Crippen molar-refractivity contribution in [2.75, 3.05) is 0 Å². The van der Waals surface area contributed by atoms with Crippen LogP contribution in [-0.4, -0.2) is 21.1 Å². The lowest BCUT2D eigenvalue weighted by molar-refractivity contribution is 0.112. The molecule has 0 aliphatic rings. The molecule has 0 amide bonds. The lowest BCUT2D eigenvalue weighted by Crippen LogP contribution is -1.97. The number of carbonyl (C=O) groups excluding carboxylic acids is 1. The van der Waals surface area contributed by atoms with Crippen LogP contribution in [0, 0.1) is 0 Å². The smallest absolute Gasteiger partial charge is 0.153 e. The first-order valence-corrected chi connectivity index (χ1v) is 6.18. The van der Waals surface area contributed by atoms with Crippen LogP contribution in [0.3, 0.4) is 0 Å². The highest BCUT2D eigenvalue weighted by Crippen LogP contribution is 2.20. The summed E-state index contributed by atoms with van der Waals surface area (Å²) in [5, 5.41) is 4.38. The van der Waals surface area contributed by atoms with E-state index in [1.807, 2.05) is 12.1 Å². The first-order valence-electron chi connectivity index (χ1n) is 5.39. The molecular weight excluding hydrogens is 282 g/mol. The molecule has 17 heavy (non-hydrogen) atoms. The second-order valence-electron chi connectivity index (χ2n) is 3.68. The van der Waals surface area contributed by atoms with Crippen molar-refractivity contribution in [3.8, 4) is 11.4 Å². The zero-order valence-corrected chi connectivity index (χ0v) is 11.0. The van der Waals surface area contributed by atoms with Crippen LogP contribution in [0.5, 0.6) is 0 Å². The van der Waals surface area contributed by atoms with Gasteiger partial charge in [-0.15, -0.1) is 0 Å². The summed E-state index contributed by atoms with van der Waals surface area (Å²) in [5.41, 5.74) is 1.93. The monoisotopic (exact) mass is 293 g/mol. The molecule has 0 fully saturated rings. The first-order chi connectivity index (χ1) is 8.24. The average Bonchev–Trinajstić information content (AvgIpc) is 2.74. The van der Waals surface area contributed by atoms with E-state index in [0.29, 0.717) is 17.0 Å². The zero-order valence-electron chi connectivity index (χ0n) is 9.43. The zero-order chi connectivity index (χ0) is 12.3. The number of hydrogen-bond acceptors (Lipinski definition) is 3. The molecule has 2 aromatic heterocycles. The van der Waals surface area contributed by atoms with Gasteiger partial charge in [-0.3, -0.25) is 14.5 Å². The molecule has 0 aromatic carbocycles. The lowest BCUT2D eigenvalue weighted by atomic mass is 10.2. The standard InChI is InChI=1S/C12H12BrN3O/c1-2-5-16-7-9(8-17)12(15-16)11-4-3-10(13)6-14-11/h3-4,6-8H,2,5H2,1H3. The molecule has 0 aliphatic carbocycles. The third-order valence-electron chi connectivity index (χ3n) is 2.34. The van der Waals surface area contributed by atoms with Gasteiger partial charge in [-0.2, -0.15) is 5.10 Å². The molecule has 5 heteroatoms. The molecule has 4 nitrogen and oxygen atoms in total. The van der Waals surface area contributed by atoms with Gasteiger partial charge in [0.15, 0.2) is 6.29 Å². The minimum Gasteiger partial charge on any atom is -0.298 e. The minimum absolute atomic E-state index is 0.577. The van der Waals surface area contributed by atoms with Crippen molar-refractivity contribution in [1.29, 1.82) is 0 Å². The number of nitrogens with zero attached hydrogens (tertiary/aromatic N) is 3. The topological polar surface area (TPSA) is 47.8 Å². The highest BCUT2D eigenvalue weighted by Gasteiger charge is 2.11. The van der Waals surface area contributed by atoms with Gasteiger partial charge in [-0.25, -0.2) is 0 Å². The van der Waals surface area contributed by atoms with Gasteiger partial charge < -0.3 is 0 Å². The fourth-order valence-corrected chi connectivity index (χ4v) is 1.82. The summed E-state index contributed by atoms with van der Waals surface area (Å²) >= 11 is 3.33. The molecule has 0 atom stereocenters. The lowest BCUT2D eigenvalue weighted by Gasteiger charge is -1.98. The van der Waals surface area contributed by atoms with E-state index in [4.69, 9.17) is 0 Å². The number of aldehydes is 1. The maximum Gasteiger partial charge on any atom is 0.153 e. The van der Waals surface area contributed by atoms with E-state index in [1.54, 1.807) is 17.1 Å². The van der Waals surface area contributed by atoms with E-state index >= 15 is 0 Å². The van der Waals surface area contributed by atoms with E-state index in [-0.39, 0.29) is 0 Å². The molecule has 2 aromatic rings. The van der Waals surface area contributed by atoms with Crippen LogP contribution in [0.2, 0.25) is 0 Å². The highest BCUT2D eigenvalue weighted by atomic mass is 79.9. The Morgan fingerprint density at radius 2 is 2.29 bits per heavy atom. The Kier molecular flexibility index (Phi) is 3.68. The van der Waals surface area contributed by atoms with Gasteiger partial charge in [0.05, 0.1) is 11.3 Å². The molecule has 2 rings (SSSR count). The van der Waals surface area contributed by atoms with Crippen LogP contribution in [0.4, 0.5) is 0 Å². The third kappa shape index (κ3) is 2.61. The molecule has 0 aliphatic heterocycles. The maximum absolute atomic E-state index is 11.0. The number of hydrogen-bond donors (Lipinski definition) is 0. The molecule has 2 heterocycles. The summed E-state index contributed by atoms with van der Waals surface area (Å²) in [7, 11) is 0.